The first-order chi connectivity index (χ1) is 9.08. The van der Waals surface area contributed by atoms with Crippen LogP contribution >= 0.6 is 0 Å². The predicted molar refractivity (Wildman–Crippen MR) is 79.7 cm³/mol. The van der Waals surface area contributed by atoms with E-state index in [4.69, 9.17) is 0 Å². The second-order valence-corrected chi connectivity index (χ2v) is 6.02. The third-order valence-electron chi connectivity index (χ3n) is 4.12. The fourth-order valence-electron chi connectivity index (χ4n) is 2.72. The number of rotatable bonds is 2. The Morgan fingerprint density at radius 2 is 1.95 bits per heavy atom. The lowest BCUT2D eigenvalue weighted by Gasteiger charge is -2.17. The summed E-state index contributed by atoms with van der Waals surface area (Å²) in [7, 11) is 0. The molecule has 2 heterocycles. The molecule has 0 saturated carbocycles. The van der Waals surface area contributed by atoms with Gasteiger partial charge in [-0.3, -0.25) is 4.98 Å². The van der Waals surface area contributed by atoms with E-state index in [-0.39, 0.29) is 5.41 Å². The zero-order valence-electron chi connectivity index (χ0n) is 11.8. The zero-order chi connectivity index (χ0) is 13.5. The summed E-state index contributed by atoms with van der Waals surface area (Å²) in [5.74, 6) is 0.331. The number of anilines is 1. The van der Waals surface area contributed by atoms with Crippen molar-refractivity contribution in [2.75, 3.05) is 11.9 Å². The van der Waals surface area contributed by atoms with Crippen molar-refractivity contribution < 1.29 is 0 Å². The Bertz CT molecular complexity index is 587. The van der Waals surface area contributed by atoms with Crippen molar-refractivity contribution in [3.05, 3.63) is 59.4 Å². The molecule has 19 heavy (non-hydrogen) atoms. The molecule has 0 saturated heterocycles. The van der Waals surface area contributed by atoms with Crippen LogP contribution < -0.4 is 5.32 Å². The fourth-order valence-corrected chi connectivity index (χ4v) is 2.72. The van der Waals surface area contributed by atoms with Crippen molar-refractivity contribution >= 4 is 5.69 Å². The molecule has 2 nitrogen and oxygen atoms in total. The van der Waals surface area contributed by atoms with E-state index in [1.54, 1.807) is 0 Å². The molecule has 1 aromatic carbocycles. The highest BCUT2D eigenvalue weighted by molar-refractivity contribution is 5.60. The van der Waals surface area contributed by atoms with E-state index >= 15 is 0 Å². The minimum atomic E-state index is 0.191. The van der Waals surface area contributed by atoms with Crippen LogP contribution in [0.1, 0.15) is 43.5 Å². The molecule has 3 rings (SSSR count). The summed E-state index contributed by atoms with van der Waals surface area (Å²) in [6.07, 6.45) is 2.05. The number of aromatic nitrogens is 1. The van der Waals surface area contributed by atoms with Crippen LogP contribution in [0.5, 0.6) is 0 Å². The van der Waals surface area contributed by atoms with Gasteiger partial charge in [-0.05, 0) is 11.6 Å². The summed E-state index contributed by atoms with van der Waals surface area (Å²) in [6.45, 7) is 7.72. The fraction of sp³-hybridized carbons (Fsp3) is 0.353. The van der Waals surface area contributed by atoms with Crippen LogP contribution in [0.4, 0.5) is 5.69 Å². The van der Waals surface area contributed by atoms with Crippen LogP contribution in [0.2, 0.25) is 0 Å². The van der Waals surface area contributed by atoms with Crippen molar-refractivity contribution in [1.82, 2.24) is 4.98 Å². The molecule has 0 fully saturated rings. The molecule has 1 aliphatic rings. The molecule has 1 atom stereocenters. The van der Waals surface area contributed by atoms with Crippen molar-refractivity contribution in [2.45, 2.75) is 32.1 Å². The summed E-state index contributed by atoms with van der Waals surface area (Å²) in [4.78, 5) is 4.68. The Hall–Kier alpha value is -1.83. The highest BCUT2D eigenvalue weighted by Gasteiger charge is 2.30. The van der Waals surface area contributed by atoms with Gasteiger partial charge in [0, 0.05) is 41.0 Å². The van der Waals surface area contributed by atoms with Gasteiger partial charge in [-0.1, -0.05) is 51.1 Å². The van der Waals surface area contributed by atoms with E-state index in [2.05, 4.69) is 67.5 Å². The smallest absolute Gasteiger partial charge is 0.0496 e. The topological polar surface area (TPSA) is 24.9 Å². The van der Waals surface area contributed by atoms with Crippen LogP contribution in [0.3, 0.4) is 0 Å². The maximum Gasteiger partial charge on any atom is 0.0496 e. The quantitative estimate of drug-likeness (QED) is 0.875. The number of hydrogen-bond donors (Lipinski definition) is 1. The molecule has 1 N–H and O–H groups in total. The van der Waals surface area contributed by atoms with E-state index < -0.39 is 0 Å². The van der Waals surface area contributed by atoms with Crippen molar-refractivity contribution in [3.63, 3.8) is 0 Å². The molecule has 1 aromatic heterocycles. The Labute approximate surface area is 114 Å². The maximum absolute atomic E-state index is 4.68. The minimum Gasteiger partial charge on any atom is -0.384 e. The molecule has 2 aromatic rings. The Balaban J connectivity index is 1.96. The Kier molecular flexibility index (Phi) is 2.81. The molecular formula is C17H20N2. The highest BCUT2D eigenvalue weighted by Crippen LogP contribution is 2.37. The van der Waals surface area contributed by atoms with E-state index in [1.807, 2.05) is 6.20 Å². The normalized spacial score (nSPS) is 17.6. The third-order valence-corrected chi connectivity index (χ3v) is 4.12. The number of fused-ring (bicyclic) bond motifs is 1. The molecule has 0 bridgehead atoms. The number of benzene rings is 1. The highest BCUT2D eigenvalue weighted by atomic mass is 14.9. The third kappa shape index (κ3) is 2.12. The second kappa shape index (κ2) is 4.37. The van der Waals surface area contributed by atoms with Gasteiger partial charge in [0.25, 0.3) is 0 Å². The molecule has 1 aliphatic heterocycles. The van der Waals surface area contributed by atoms with Crippen LogP contribution in [0, 0.1) is 0 Å². The monoisotopic (exact) mass is 252 g/mol. The number of nitrogens with zero attached hydrogens (tertiary/aromatic N) is 1. The van der Waals surface area contributed by atoms with Crippen molar-refractivity contribution in [1.29, 1.82) is 0 Å². The molecule has 2 heteroatoms. The van der Waals surface area contributed by atoms with Gasteiger partial charge in [0.15, 0.2) is 0 Å². The predicted octanol–water partition coefficient (Wildman–Crippen LogP) is 3.94. The molecule has 0 radical (unpaired) electrons. The molecule has 0 aliphatic carbocycles. The number of hydrogen-bond acceptors (Lipinski definition) is 2. The van der Waals surface area contributed by atoms with E-state index in [0.29, 0.717) is 5.92 Å². The van der Waals surface area contributed by atoms with Crippen LogP contribution in [-0.2, 0) is 5.41 Å². The lowest BCUT2D eigenvalue weighted by molar-refractivity contribution is 0.583. The van der Waals surface area contributed by atoms with Crippen LogP contribution in [0.25, 0.3) is 0 Å². The van der Waals surface area contributed by atoms with Gasteiger partial charge < -0.3 is 5.32 Å². The lowest BCUT2D eigenvalue weighted by atomic mass is 9.87. The Morgan fingerprint density at radius 3 is 2.68 bits per heavy atom. The first-order valence-corrected chi connectivity index (χ1v) is 6.87. The van der Waals surface area contributed by atoms with Gasteiger partial charge in [0.2, 0.25) is 0 Å². The standard InChI is InChI=1S/C17H20N2/c1-12(13-7-5-4-6-8-13)15-9-16-14(10-18-15)17(2,3)11-19-16/h4-10,12,19H,11H2,1-3H3. The van der Waals surface area contributed by atoms with Crippen molar-refractivity contribution in [2.24, 2.45) is 0 Å². The second-order valence-electron chi connectivity index (χ2n) is 6.02. The summed E-state index contributed by atoms with van der Waals surface area (Å²) in [5.41, 5.74) is 5.22. The minimum absolute atomic E-state index is 0.191. The number of pyridine rings is 1. The summed E-state index contributed by atoms with van der Waals surface area (Å²) in [5, 5.41) is 3.50. The molecule has 1 unspecified atom stereocenters. The van der Waals surface area contributed by atoms with Gasteiger partial charge >= 0.3 is 0 Å². The molecular weight excluding hydrogens is 232 g/mol. The molecule has 98 valence electrons. The van der Waals surface area contributed by atoms with Gasteiger partial charge in [0.1, 0.15) is 0 Å². The first-order valence-electron chi connectivity index (χ1n) is 6.87. The SMILES string of the molecule is CC(c1ccccc1)c1cc2c(cn1)C(C)(C)CN2. The van der Waals surface area contributed by atoms with Gasteiger partial charge in [-0.2, -0.15) is 0 Å². The maximum atomic E-state index is 4.68. The summed E-state index contributed by atoms with van der Waals surface area (Å²) >= 11 is 0. The van der Waals surface area contributed by atoms with E-state index in [1.165, 1.54) is 16.8 Å². The Morgan fingerprint density at radius 1 is 1.21 bits per heavy atom. The largest absolute Gasteiger partial charge is 0.384 e. The summed E-state index contributed by atoms with van der Waals surface area (Å²) < 4.78 is 0. The van der Waals surface area contributed by atoms with Gasteiger partial charge in [-0.25, -0.2) is 0 Å². The van der Waals surface area contributed by atoms with E-state index in [0.717, 1.165) is 12.2 Å². The van der Waals surface area contributed by atoms with E-state index in [9.17, 15) is 0 Å². The van der Waals surface area contributed by atoms with Crippen molar-refractivity contribution in [3.8, 4) is 0 Å². The summed E-state index contributed by atoms with van der Waals surface area (Å²) in [6, 6.07) is 12.8. The molecule has 0 amide bonds. The average Bonchev–Trinajstić information content (AvgIpc) is 2.74. The van der Waals surface area contributed by atoms with Gasteiger partial charge in [0.05, 0.1) is 0 Å². The average molecular weight is 252 g/mol. The van der Waals surface area contributed by atoms with Crippen LogP contribution in [0.15, 0.2) is 42.6 Å². The van der Waals surface area contributed by atoms with Crippen LogP contribution in [-0.4, -0.2) is 11.5 Å². The number of nitrogens with one attached hydrogen (secondary N) is 1. The lowest BCUT2D eigenvalue weighted by Crippen LogP contribution is -2.19. The zero-order valence-corrected chi connectivity index (χ0v) is 11.8. The molecule has 0 spiro atoms. The first kappa shape index (κ1) is 12.2. The van der Waals surface area contributed by atoms with Gasteiger partial charge in [-0.15, -0.1) is 0 Å².